The minimum atomic E-state index is -0.280. The number of nitrogens with one attached hydrogen (secondary N) is 1. The Hall–Kier alpha value is -3.09. The minimum absolute atomic E-state index is 0.194. The van der Waals surface area contributed by atoms with E-state index in [0.717, 1.165) is 16.5 Å². The van der Waals surface area contributed by atoms with E-state index in [2.05, 4.69) is 4.98 Å². The van der Waals surface area contributed by atoms with Crippen LogP contribution >= 0.6 is 23.4 Å². The Bertz CT molecular complexity index is 1440. The predicted octanol–water partition coefficient (Wildman–Crippen LogP) is 5.95. The zero-order valence-corrected chi connectivity index (χ0v) is 17.2. The Morgan fingerprint density at radius 2 is 1.83 bits per heavy atom. The van der Waals surface area contributed by atoms with Crippen LogP contribution in [0.2, 0.25) is 5.02 Å². The molecule has 0 saturated heterocycles. The van der Waals surface area contributed by atoms with E-state index in [0.29, 0.717) is 32.7 Å². The molecule has 30 heavy (non-hydrogen) atoms. The van der Waals surface area contributed by atoms with Crippen LogP contribution in [0, 0.1) is 5.82 Å². The SMILES string of the molecule is O=c1c2[nH]c3ccccc3c2nc(SCc2ccc(F)cc2)n1-c1cccc(Cl)c1. The number of hydrogen-bond donors (Lipinski definition) is 1. The van der Waals surface area contributed by atoms with Crippen LogP contribution in [0.4, 0.5) is 4.39 Å². The summed E-state index contributed by atoms with van der Waals surface area (Å²) in [6.07, 6.45) is 0. The van der Waals surface area contributed by atoms with Gasteiger partial charge in [0.25, 0.3) is 5.56 Å². The number of H-pyrrole nitrogens is 1. The van der Waals surface area contributed by atoms with E-state index in [-0.39, 0.29) is 11.4 Å². The first kappa shape index (κ1) is 18.9. The third-order valence-corrected chi connectivity index (χ3v) is 6.09. The van der Waals surface area contributed by atoms with Gasteiger partial charge in [0.05, 0.1) is 5.69 Å². The molecule has 2 aromatic heterocycles. The number of thioether (sulfide) groups is 1. The Labute approximate surface area is 180 Å². The number of nitrogens with zero attached hydrogens (tertiary/aromatic N) is 2. The van der Waals surface area contributed by atoms with Gasteiger partial charge in [-0.25, -0.2) is 9.37 Å². The van der Waals surface area contributed by atoms with E-state index >= 15 is 0 Å². The molecule has 7 heteroatoms. The molecule has 0 fully saturated rings. The molecule has 0 amide bonds. The lowest BCUT2D eigenvalue weighted by molar-refractivity contribution is 0.627. The van der Waals surface area contributed by atoms with Crippen molar-refractivity contribution in [1.82, 2.24) is 14.5 Å². The van der Waals surface area contributed by atoms with Gasteiger partial charge in [-0.15, -0.1) is 0 Å². The average Bonchev–Trinajstić information content (AvgIpc) is 3.12. The molecule has 4 nitrogen and oxygen atoms in total. The van der Waals surface area contributed by atoms with Gasteiger partial charge in [0.15, 0.2) is 5.16 Å². The molecule has 148 valence electrons. The molecule has 3 aromatic carbocycles. The van der Waals surface area contributed by atoms with Crippen LogP contribution in [0.15, 0.2) is 82.7 Å². The summed E-state index contributed by atoms with van der Waals surface area (Å²) in [5, 5.41) is 1.97. The zero-order chi connectivity index (χ0) is 20.7. The minimum Gasteiger partial charge on any atom is -0.349 e. The third-order valence-electron chi connectivity index (χ3n) is 4.84. The van der Waals surface area contributed by atoms with Crippen molar-refractivity contribution in [2.45, 2.75) is 10.9 Å². The van der Waals surface area contributed by atoms with Crippen LogP contribution < -0.4 is 5.56 Å². The lowest BCUT2D eigenvalue weighted by atomic mass is 10.2. The van der Waals surface area contributed by atoms with Crippen LogP contribution in [0.1, 0.15) is 5.56 Å². The number of halogens is 2. The van der Waals surface area contributed by atoms with Gasteiger partial charge in [-0.2, -0.15) is 0 Å². The number of aromatic amines is 1. The van der Waals surface area contributed by atoms with E-state index in [4.69, 9.17) is 16.6 Å². The summed E-state index contributed by atoms with van der Waals surface area (Å²) < 4.78 is 14.8. The summed E-state index contributed by atoms with van der Waals surface area (Å²) in [7, 11) is 0. The molecule has 0 saturated carbocycles. The molecular formula is C23H15ClFN3OS. The fourth-order valence-electron chi connectivity index (χ4n) is 3.41. The van der Waals surface area contributed by atoms with Crippen molar-refractivity contribution < 1.29 is 4.39 Å². The Morgan fingerprint density at radius 3 is 2.63 bits per heavy atom. The second-order valence-corrected chi connectivity index (χ2v) is 8.20. The molecule has 2 heterocycles. The van der Waals surface area contributed by atoms with E-state index in [1.807, 2.05) is 30.3 Å². The van der Waals surface area contributed by atoms with Crippen molar-refractivity contribution in [1.29, 1.82) is 0 Å². The highest BCUT2D eigenvalue weighted by Crippen LogP contribution is 2.28. The van der Waals surface area contributed by atoms with Gasteiger partial charge in [0, 0.05) is 21.7 Å². The standard InChI is InChI=1S/C23H15ClFN3OS/c24-15-4-3-5-17(12-15)28-22(29)21-20(18-6-1-2-7-19(18)26-21)27-23(28)30-13-14-8-10-16(25)11-9-14/h1-12,26H,13H2. The highest BCUT2D eigenvalue weighted by molar-refractivity contribution is 7.98. The fourth-order valence-corrected chi connectivity index (χ4v) is 4.56. The van der Waals surface area contributed by atoms with Crippen molar-refractivity contribution >= 4 is 45.3 Å². The second-order valence-electron chi connectivity index (χ2n) is 6.82. The largest absolute Gasteiger partial charge is 0.349 e. The molecule has 1 N–H and O–H groups in total. The van der Waals surface area contributed by atoms with E-state index in [1.54, 1.807) is 34.9 Å². The van der Waals surface area contributed by atoms with Crippen LogP contribution in [0.5, 0.6) is 0 Å². The quantitative estimate of drug-likeness (QED) is 0.280. The van der Waals surface area contributed by atoms with E-state index in [9.17, 15) is 9.18 Å². The highest BCUT2D eigenvalue weighted by atomic mass is 35.5. The lowest BCUT2D eigenvalue weighted by Crippen LogP contribution is -2.21. The van der Waals surface area contributed by atoms with Crippen LogP contribution in [-0.4, -0.2) is 14.5 Å². The van der Waals surface area contributed by atoms with Crippen LogP contribution in [0.3, 0.4) is 0 Å². The fraction of sp³-hybridized carbons (Fsp3) is 0.0435. The number of aromatic nitrogens is 3. The first-order valence-electron chi connectivity index (χ1n) is 9.27. The van der Waals surface area contributed by atoms with Gasteiger partial charge in [-0.05, 0) is 42.0 Å². The summed E-state index contributed by atoms with van der Waals surface area (Å²) in [6.45, 7) is 0. The van der Waals surface area contributed by atoms with Gasteiger partial charge in [-0.3, -0.25) is 9.36 Å². The number of fused-ring (bicyclic) bond motifs is 3. The van der Waals surface area contributed by atoms with E-state index in [1.165, 1.54) is 23.9 Å². The number of hydrogen-bond acceptors (Lipinski definition) is 3. The Morgan fingerprint density at radius 1 is 1.03 bits per heavy atom. The predicted molar refractivity (Wildman–Crippen MR) is 120 cm³/mol. The monoisotopic (exact) mass is 435 g/mol. The maximum absolute atomic E-state index is 13.5. The Balaban J connectivity index is 1.71. The van der Waals surface area contributed by atoms with Crippen molar-refractivity contribution in [3.63, 3.8) is 0 Å². The number of rotatable bonds is 4. The average molecular weight is 436 g/mol. The number of benzene rings is 3. The summed E-state index contributed by atoms with van der Waals surface area (Å²) in [4.78, 5) is 21.5. The van der Waals surface area contributed by atoms with Gasteiger partial charge in [-0.1, -0.05) is 59.8 Å². The lowest BCUT2D eigenvalue weighted by Gasteiger charge is -2.12. The van der Waals surface area contributed by atoms with Crippen molar-refractivity contribution in [2.75, 3.05) is 0 Å². The van der Waals surface area contributed by atoms with Gasteiger partial charge in [0.1, 0.15) is 16.9 Å². The van der Waals surface area contributed by atoms with Crippen LogP contribution in [0.25, 0.3) is 27.6 Å². The third kappa shape index (κ3) is 3.38. The van der Waals surface area contributed by atoms with Crippen molar-refractivity contribution in [3.8, 4) is 5.69 Å². The molecule has 0 atom stereocenters. The first-order chi connectivity index (χ1) is 14.6. The highest BCUT2D eigenvalue weighted by Gasteiger charge is 2.17. The molecule has 0 unspecified atom stereocenters. The van der Waals surface area contributed by atoms with Gasteiger partial charge in [0.2, 0.25) is 0 Å². The van der Waals surface area contributed by atoms with Gasteiger partial charge < -0.3 is 4.98 Å². The molecule has 0 spiro atoms. The van der Waals surface area contributed by atoms with Crippen molar-refractivity contribution in [3.05, 3.63) is 99.6 Å². The first-order valence-corrected chi connectivity index (χ1v) is 10.6. The summed E-state index contributed by atoms with van der Waals surface area (Å²) in [5.41, 5.74) is 3.32. The molecule has 0 bridgehead atoms. The topological polar surface area (TPSA) is 50.7 Å². The molecule has 0 aliphatic heterocycles. The normalized spacial score (nSPS) is 11.4. The summed E-state index contributed by atoms with van der Waals surface area (Å²) >= 11 is 7.60. The molecular weight excluding hydrogens is 421 g/mol. The van der Waals surface area contributed by atoms with Crippen molar-refractivity contribution in [2.24, 2.45) is 0 Å². The maximum atomic E-state index is 13.5. The summed E-state index contributed by atoms with van der Waals surface area (Å²) in [5.74, 6) is 0.263. The summed E-state index contributed by atoms with van der Waals surface area (Å²) in [6, 6.07) is 21.1. The maximum Gasteiger partial charge on any atom is 0.283 e. The second kappa shape index (κ2) is 7.63. The molecule has 5 aromatic rings. The molecule has 0 aliphatic rings. The molecule has 0 radical (unpaired) electrons. The smallest absolute Gasteiger partial charge is 0.283 e. The van der Waals surface area contributed by atoms with Crippen LogP contribution in [-0.2, 0) is 5.75 Å². The zero-order valence-electron chi connectivity index (χ0n) is 15.6. The molecule has 5 rings (SSSR count). The Kier molecular flexibility index (Phi) is 4.81. The van der Waals surface area contributed by atoms with Gasteiger partial charge >= 0.3 is 0 Å². The number of para-hydroxylation sites is 1. The van der Waals surface area contributed by atoms with E-state index < -0.39 is 0 Å². The molecule has 0 aliphatic carbocycles.